The van der Waals surface area contributed by atoms with Crippen LogP contribution >= 0.6 is 0 Å². The van der Waals surface area contributed by atoms with E-state index >= 15 is 0 Å². The summed E-state index contributed by atoms with van der Waals surface area (Å²) in [7, 11) is -1.88. The molecule has 8 heteroatoms. The average molecular weight is 359 g/mol. The molecule has 3 aromatic rings. The summed E-state index contributed by atoms with van der Waals surface area (Å²) in [5.74, 6) is 0. The normalized spacial score (nSPS) is 11.8. The molecule has 0 spiro atoms. The number of hydrogen-bond acceptors (Lipinski definition) is 4. The van der Waals surface area contributed by atoms with E-state index < -0.39 is 10.0 Å². The Bertz CT molecular complexity index is 1000. The van der Waals surface area contributed by atoms with E-state index in [2.05, 4.69) is 14.9 Å². The maximum atomic E-state index is 12.8. The van der Waals surface area contributed by atoms with Crippen molar-refractivity contribution < 1.29 is 8.42 Å². The largest absolute Gasteiger partial charge is 0.275 e. The summed E-state index contributed by atoms with van der Waals surface area (Å²) < 4.78 is 31.6. The average Bonchev–Trinajstić information content (AvgIpc) is 3.04. The maximum Gasteiger partial charge on any atom is 0.244 e. The molecular weight excluding hydrogens is 338 g/mol. The van der Waals surface area contributed by atoms with E-state index in [-0.39, 0.29) is 11.4 Å². The zero-order chi connectivity index (χ0) is 18.2. The molecule has 3 rings (SSSR count). The molecule has 0 radical (unpaired) electrons. The Kier molecular flexibility index (Phi) is 4.49. The number of nitrogens with one attached hydrogen (secondary N) is 1. The van der Waals surface area contributed by atoms with E-state index in [1.807, 2.05) is 50.5 Å². The molecule has 132 valence electrons. The van der Waals surface area contributed by atoms with Crippen LogP contribution in [0.4, 0.5) is 0 Å². The van der Waals surface area contributed by atoms with Gasteiger partial charge in [-0.2, -0.15) is 10.2 Å². The Hall–Kier alpha value is -2.45. The highest BCUT2D eigenvalue weighted by molar-refractivity contribution is 7.89. The lowest BCUT2D eigenvalue weighted by molar-refractivity contribution is 0.580. The first kappa shape index (κ1) is 17.4. The van der Waals surface area contributed by atoms with Crippen LogP contribution < -0.4 is 4.72 Å². The quantitative estimate of drug-likeness (QED) is 0.755. The van der Waals surface area contributed by atoms with E-state index in [1.54, 1.807) is 23.2 Å². The van der Waals surface area contributed by atoms with Crippen molar-refractivity contribution in [2.45, 2.75) is 32.2 Å². The van der Waals surface area contributed by atoms with Crippen molar-refractivity contribution in [3.63, 3.8) is 0 Å². The fraction of sp³-hybridized carbons (Fsp3) is 0.294. The molecule has 0 bridgehead atoms. The van der Waals surface area contributed by atoms with Crippen LogP contribution in [0.3, 0.4) is 0 Å². The van der Waals surface area contributed by atoms with Crippen LogP contribution in [0.5, 0.6) is 0 Å². The topological polar surface area (TPSA) is 81.8 Å². The lowest BCUT2D eigenvalue weighted by Crippen LogP contribution is -2.24. The minimum absolute atomic E-state index is 0.192. The van der Waals surface area contributed by atoms with Crippen LogP contribution in [0.15, 0.2) is 41.4 Å². The number of sulfonamides is 1. The highest BCUT2D eigenvalue weighted by atomic mass is 32.2. The van der Waals surface area contributed by atoms with Crippen molar-refractivity contribution in [2.75, 3.05) is 0 Å². The molecule has 25 heavy (non-hydrogen) atoms. The lowest BCUT2D eigenvalue weighted by Gasteiger charge is -2.08. The Morgan fingerprint density at radius 1 is 1.04 bits per heavy atom. The molecule has 2 aromatic heterocycles. The van der Waals surface area contributed by atoms with E-state index in [9.17, 15) is 8.42 Å². The number of rotatable bonds is 5. The molecule has 7 nitrogen and oxygen atoms in total. The number of para-hydroxylation sites is 1. The van der Waals surface area contributed by atoms with Gasteiger partial charge in [0, 0.05) is 25.4 Å². The predicted octanol–water partition coefficient (Wildman–Crippen LogP) is 2.01. The highest BCUT2D eigenvalue weighted by Crippen LogP contribution is 2.22. The third kappa shape index (κ3) is 3.35. The van der Waals surface area contributed by atoms with Crippen LogP contribution in [-0.2, 0) is 23.6 Å². The zero-order valence-electron chi connectivity index (χ0n) is 14.7. The lowest BCUT2D eigenvalue weighted by atomic mass is 10.3. The van der Waals surface area contributed by atoms with E-state index in [1.165, 1.54) is 0 Å². The van der Waals surface area contributed by atoms with Gasteiger partial charge in [-0.3, -0.25) is 4.68 Å². The number of aromatic nitrogens is 4. The first-order valence-corrected chi connectivity index (χ1v) is 9.38. The summed E-state index contributed by atoms with van der Waals surface area (Å²) in [5, 5.41) is 8.63. The minimum Gasteiger partial charge on any atom is -0.275 e. The van der Waals surface area contributed by atoms with Gasteiger partial charge >= 0.3 is 0 Å². The monoisotopic (exact) mass is 359 g/mol. The van der Waals surface area contributed by atoms with Crippen LogP contribution in [0.2, 0.25) is 0 Å². The summed E-state index contributed by atoms with van der Waals surface area (Å²) >= 11 is 0. The van der Waals surface area contributed by atoms with Crippen molar-refractivity contribution in [3.05, 3.63) is 59.2 Å². The number of benzene rings is 1. The van der Waals surface area contributed by atoms with Gasteiger partial charge < -0.3 is 0 Å². The van der Waals surface area contributed by atoms with Gasteiger partial charge in [-0.15, -0.1) is 0 Å². The molecule has 0 amide bonds. The molecule has 0 aliphatic carbocycles. The number of aryl methyl sites for hydroxylation is 3. The molecule has 0 unspecified atom stereocenters. The molecular formula is C17H21N5O2S. The standard InChI is InChI=1S/C17H21N5O2S/c1-12-15(11-21(4)19-12)10-18-25(23,24)17-13(2)20-22(14(17)3)16-8-6-5-7-9-16/h5-9,11,18H,10H2,1-4H3. The molecule has 0 saturated heterocycles. The zero-order valence-corrected chi connectivity index (χ0v) is 15.5. The van der Waals surface area contributed by atoms with Gasteiger partial charge in [0.25, 0.3) is 0 Å². The van der Waals surface area contributed by atoms with Crippen molar-refractivity contribution in [1.82, 2.24) is 24.3 Å². The summed E-state index contributed by atoms with van der Waals surface area (Å²) in [6, 6.07) is 9.47. The molecule has 2 heterocycles. The maximum absolute atomic E-state index is 12.8. The third-order valence-corrected chi connectivity index (χ3v) is 5.71. The molecule has 0 atom stereocenters. The van der Waals surface area contributed by atoms with Gasteiger partial charge in [0.2, 0.25) is 10.0 Å². The number of hydrogen-bond donors (Lipinski definition) is 1. The van der Waals surface area contributed by atoms with Gasteiger partial charge in [-0.25, -0.2) is 17.8 Å². The SMILES string of the molecule is Cc1nn(C)cc1CNS(=O)(=O)c1c(C)nn(-c2ccccc2)c1C. The molecule has 0 aliphatic rings. The predicted molar refractivity (Wildman–Crippen MR) is 95.0 cm³/mol. The highest BCUT2D eigenvalue weighted by Gasteiger charge is 2.25. The Morgan fingerprint density at radius 2 is 1.72 bits per heavy atom. The summed E-state index contributed by atoms with van der Waals surface area (Å²) in [5.41, 5.74) is 3.53. The Morgan fingerprint density at radius 3 is 2.32 bits per heavy atom. The first-order valence-electron chi connectivity index (χ1n) is 7.90. The van der Waals surface area contributed by atoms with Crippen LogP contribution in [0.25, 0.3) is 5.69 Å². The fourth-order valence-corrected chi connectivity index (χ4v) is 4.30. The van der Waals surface area contributed by atoms with E-state index in [4.69, 9.17) is 0 Å². The van der Waals surface area contributed by atoms with E-state index in [0.717, 1.165) is 16.9 Å². The smallest absolute Gasteiger partial charge is 0.244 e. The van der Waals surface area contributed by atoms with Gasteiger partial charge in [-0.1, -0.05) is 18.2 Å². The minimum atomic E-state index is -3.68. The summed E-state index contributed by atoms with van der Waals surface area (Å²) in [6.45, 7) is 5.51. The van der Waals surface area contributed by atoms with Crippen molar-refractivity contribution in [2.24, 2.45) is 7.05 Å². The van der Waals surface area contributed by atoms with E-state index in [0.29, 0.717) is 11.4 Å². The Labute approximate surface area is 147 Å². The summed E-state index contributed by atoms with van der Waals surface area (Å²) in [6.07, 6.45) is 1.81. The van der Waals surface area contributed by atoms with Crippen molar-refractivity contribution in [1.29, 1.82) is 0 Å². The number of nitrogens with zero attached hydrogens (tertiary/aromatic N) is 4. The van der Waals surface area contributed by atoms with Crippen molar-refractivity contribution in [3.8, 4) is 5.69 Å². The van der Waals surface area contributed by atoms with Gasteiger partial charge in [-0.05, 0) is 32.9 Å². The van der Waals surface area contributed by atoms with Crippen LogP contribution in [0, 0.1) is 20.8 Å². The first-order chi connectivity index (χ1) is 11.8. The summed E-state index contributed by atoms with van der Waals surface area (Å²) in [4.78, 5) is 0.220. The van der Waals surface area contributed by atoms with Crippen LogP contribution in [0.1, 0.15) is 22.6 Å². The third-order valence-electron chi connectivity index (χ3n) is 4.06. The molecule has 1 aromatic carbocycles. The molecule has 1 N–H and O–H groups in total. The van der Waals surface area contributed by atoms with Gasteiger partial charge in [0.15, 0.2) is 0 Å². The second kappa shape index (κ2) is 6.45. The second-order valence-electron chi connectivity index (χ2n) is 5.99. The molecule has 0 aliphatic heterocycles. The molecule has 0 saturated carbocycles. The Balaban J connectivity index is 1.92. The van der Waals surface area contributed by atoms with Gasteiger partial charge in [0.1, 0.15) is 4.90 Å². The molecule has 0 fully saturated rings. The van der Waals surface area contributed by atoms with Crippen molar-refractivity contribution >= 4 is 10.0 Å². The second-order valence-corrected chi connectivity index (χ2v) is 7.69. The van der Waals surface area contributed by atoms with Crippen LogP contribution in [-0.4, -0.2) is 28.0 Å². The fourth-order valence-electron chi connectivity index (χ4n) is 2.91. The van der Waals surface area contributed by atoms with Gasteiger partial charge in [0.05, 0.1) is 22.8 Å².